The van der Waals surface area contributed by atoms with Gasteiger partial charge in [0.1, 0.15) is 18.1 Å². The normalized spacial score (nSPS) is 14.2. The molecule has 1 N–H and O–H groups in total. The molecule has 3 aromatic carbocycles. The van der Waals surface area contributed by atoms with Gasteiger partial charge in [-0.25, -0.2) is 0 Å². The van der Waals surface area contributed by atoms with Crippen LogP contribution in [0.4, 0.5) is 10.5 Å². The maximum Gasteiger partial charge on any atom is 0.293 e. The van der Waals surface area contributed by atoms with E-state index in [0.717, 1.165) is 39.0 Å². The van der Waals surface area contributed by atoms with Gasteiger partial charge in [-0.15, -0.1) is 0 Å². The lowest BCUT2D eigenvalue weighted by atomic mass is 10.1. The van der Waals surface area contributed by atoms with Gasteiger partial charge < -0.3 is 14.8 Å². The van der Waals surface area contributed by atoms with Crippen LogP contribution in [-0.2, 0) is 9.59 Å². The first-order valence-corrected chi connectivity index (χ1v) is 12.7. The van der Waals surface area contributed by atoms with Gasteiger partial charge in [-0.3, -0.25) is 19.3 Å². The molecule has 3 aromatic rings. The Morgan fingerprint density at radius 2 is 1.62 bits per heavy atom. The van der Waals surface area contributed by atoms with Crippen LogP contribution in [0.3, 0.4) is 0 Å². The van der Waals surface area contributed by atoms with Gasteiger partial charge in [0.05, 0.1) is 11.4 Å². The predicted molar refractivity (Wildman–Crippen MR) is 146 cm³/mol. The molecule has 0 aromatic heterocycles. The highest BCUT2D eigenvalue weighted by Crippen LogP contribution is 2.32. The lowest BCUT2D eigenvalue weighted by Gasteiger charge is -2.13. The summed E-state index contributed by atoms with van der Waals surface area (Å²) in [5.74, 6) is 0.496. The van der Waals surface area contributed by atoms with Crippen LogP contribution in [0.15, 0.2) is 71.6 Å². The fourth-order valence-corrected chi connectivity index (χ4v) is 4.45. The highest BCUT2D eigenvalue weighted by Gasteiger charge is 2.34. The Morgan fingerprint density at radius 1 is 0.946 bits per heavy atom. The summed E-state index contributed by atoms with van der Waals surface area (Å²) in [6, 6.07) is 19.5. The van der Waals surface area contributed by atoms with Crippen molar-refractivity contribution in [1.29, 1.82) is 0 Å². The Hall–Kier alpha value is -3.75. The van der Waals surface area contributed by atoms with Crippen molar-refractivity contribution in [2.75, 3.05) is 25.1 Å². The number of hydrogen-bond acceptors (Lipinski definition) is 6. The number of benzene rings is 3. The minimum Gasteiger partial charge on any atom is -0.492 e. The smallest absolute Gasteiger partial charge is 0.293 e. The Morgan fingerprint density at radius 3 is 2.32 bits per heavy atom. The maximum absolute atomic E-state index is 12.7. The van der Waals surface area contributed by atoms with Gasteiger partial charge in [-0.1, -0.05) is 29.8 Å². The summed E-state index contributed by atoms with van der Waals surface area (Å²) in [5.41, 5.74) is 3.70. The average Bonchev–Trinajstić information content (AvgIpc) is 3.14. The molecule has 1 saturated heterocycles. The van der Waals surface area contributed by atoms with Gasteiger partial charge in [-0.2, -0.15) is 0 Å². The highest BCUT2D eigenvalue weighted by atomic mass is 35.5. The number of amides is 3. The van der Waals surface area contributed by atoms with Crippen LogP contribution in [0, 0.1) is 13.8 Å². The van der Waals surface area contributed by atoms with E-state index in [2.05, 4.69) is 5.32 Å². The minimum atomic E-state index is -0.363. The molecule has 0 radical (unpaired) electrons. The average molecular weight is 537 g/mol. The van der Waals surface area contributed by atoms with Gasteiger partial charge in [0, 0.05) is 10.7 Å². The number of ether oxygens (including phenoxy) is 2. The first-order valence-electron chi connectivity index (χ1n) is 11.5. The van der Waals surface area contributed by atoms with Crippen molar-refractivity contribution in [3.63, 3.8) is 0 Å². The van der Waals surface area contributed by atoms with Crippen LogP contribution < -0.4 is 14.8 Å². The van der Waals surface area contributed by atoms with Gasteiger partial charge >= 0.3 is 0 Å². The second-order valence-corrected chi connectivity index (χ2v) is 9.77. The Balaban J connectivity index is 1.27. The lowest BCUT2D eigenvalue weighted by molar-refractivity contribution is -0.123. The molecule has 4 rings (SSSR count). The van der Waals surface area contributed by atoms with E-state index in [0.29, 0.717) is 21.4 Å². The summed E-state index contributed by atoms with van der Waals surface area (Å²) in [6.45, 7) is 4.18. The van der Waals surface area contributed by atoms with E-state index in [-0.39, 0.29) is 36.8 Å². The van der Waals surface area contributed by atoms with Gasteiger partial charge in [0.15, 0.2) is 6.61 Å². The summed E-state index contributed by atoms with van der Waals surface area (Å²) in [7, 11) is 0. The van der Waals surface area contributed by atoms with Crippen molar-refractivity contribution in [1.82, 2.24) is 4.90 Å². The van der Waals surface area contributed by atoms with Crippen LogP contribution >= 0.6 is 23.4 Å². The number of aryl methyl sites for hydroxylation is 2. The number of halogens is 1. The molecule has 1 fully saturated rings. The van der Waals surface area contributed by atoms with Crippen LogP contribution in [-0.4, -0.2) is 41.7 Å². The van der Waals surface area contributed by atoms with E-state index in [1.165, 1.54) is 0 Å². The molecule has 0 atom stereocenters. The lowest BCUT2D eigenvalue weighted by Crippen LogP contribution is -2.32. The second kappa shape index (κ2) is 12.0. The Kier molecular flexibility index (Phi) is 8.53. The number of nitrogens with zero attached hydrogens (tertiary/aromatic N) is 1. The van der Waals surface area contributed by atoms with Crippen LogP contribution in [0.2, 0.25) is 5.02 Å². The summed E-state index contributed by atoms with van der Waals surface area (Å²) in [4.78, 5) is 38.8. The van der Waals surface area contributed by atoms with Gasteiger partial charge in [-0.05, 0) is 96.9 Å². The van der Waals surface area contributed by atoms with E-state index in [1.54, 1.807) is 54.6 Å². The number of thioether (sulfide) groups is 1. The highest BCUT2D eigenvalue weighted by molar-refractivity contribution is 8.18. The SMILES string of the molecule is Cc1ccc(NC(=O)COc2ccc(/C=C3\SC(=O)N(CCOc4ccc(Cl)cc4)C3=O)cc2)cc1C. The monoisotopic (exact) mass is 536 g/mol. The molecule has 0 bridgehead atoms. The van der Waals surface area contributed by atoms with Crippen molar-refractivity contribution in [3.05, 3.63) is 93.3 Å². The largest absolute Gasteiger partial charge is 0.492 e. The molecule has 0 saturated carbocycles. The molecule has 1 heterocycles. The first-order chi connectivity index (χ1) is 17.8. The van der Waals surface area contributed by atoms with E-state index >= 15 is 0 Å². The zero-order chi connectivity index (χ0) is 26.4. The molecule has 9 heteroatoms. The van der Waals surface area contributed by atoms with Crippen molar-refractivity contribution in [2.45, 2.75) is 13.8 Å². The molecule has 0 spiro atoms. The summed E-state index contributed by atoms with van der Waals surface area (Å²) in [6.07, 6.45) is 1.65. The standard InChI is InChI=1S/C28H25ClN2O5S/c1-18-3-8-22(15-19(18)2)30-26(32)17-36-24-9-4-20(5-10-24)16-25-27(33)31(28(34)37-25)13-14-35-23-11-6-21(29)7-12-23/h3-12,15-16H,13-14,17H2,1-2H3,(H,30,32)/b25-16-. The number of carbonyl (C=O) groups is 3. The molecular weight excluding hydrogens is 512 g/mol. The molecule has 0 aliphatic carbocycles. The van der Waals surface area contributed by atoms with Crippen molar-refractivity contribution in [3.8, 4) is 11.5 Å². The van der Waals surface area contributed by atoms with E-state index in [9.17, 15) is 14.4 Å². The number of hydrogen-bond donors (Lipinski definition) is 1. The Labute approximate surface area is 224 Å². The predicted octanol–water partition coefficient (Wildman–Crippen LogP) is 6.09. The van der Waals surface area contributed by atoms with Gasteiger partial charge in [0.2, 0.25) is 0 Å². The minimum absolute atomic E-state index is 0.136. The second-order valence-electron chi connectivity index (χ2n) is 8.34. The Bertz CT molecular complexity index is 1340. The molecule has 1 aliphatic rings. The molecule has 7 nitrogen and oxygen atoms in total. The van der Waals surface area contributed by atoms with Crippen LogP contribution in [0.5, 0.6) is 11.5 Å². The molecule has 37 heavy (non-hydrogen) atoms. The van der Waals surface area contributed by atoms with Crippen LogP contribution in [0.1, 0.15) is 16.7 Å². The zero-order valence-corrected chi connectivity index (χ0v) is 21.9. The van der Waals surface area contributed by atoms with Gasteiger partial charge in [0.25, 0.3) is 17.1 Å². The summed E-state index contributed by atoms with van der Waals surface area (Å²) >= 11 is 6.74. The van der Waals surface area contributed by atoms with Crippen molar-refractivity contribution in [2.24, 2.45) is 0 Å². The maximum atomic E-state index is 12.7. The fourth-order valence-electron chi connectivity index (χ4n) is 3.46. The first kappa shape index (κ1) is 26.3. The van der Waals surface area contributed by atoms with E-state index in [4.69, 9.17) is 21.1 Å². The molecule has 0 unspecified atom stereocenters. The van der Waals surface area contributed by atoms with E-state index in [1.807, 2.05) is 32.0 Å². The number of imide groups is 1. The van der Waals surface area contributed by atoms with E-state index < -0.39 is 0 Å². The number of rotatable bonds is 9. The zero-order valence-electron chi connectivity index (χ0n) is 20.3. The molecule has 3 amide bonds. The van der Waals surface area contributed by atoms with Crippen LogP contribution in [0.25, 0.3) is 6.08 Å². The van der Waals surface area contributed by atoms with Crippen molar-refractivity contribution < 1.29 is 23.9 Å². The number of anilines is 1. The third-order valence-corrected chi connectivity index (χ3v) is 6.77. The third kappa shape index (κ3) is 7.15. The quantitative estimate of drug-likeness (QED) is 0.333. The summed E-state index contributed by atoms with van der Waals surface area (Å²) < 4.78 is 11.2. The number of nitrogens with one attached hydrogen (secondary N) is 1. The molecular formula is C28H25ClN2O5S. The topological polar surface area (TPSA) is 84.9 Å². The number of carbonyl (C=O) groups excluding carboxylic acids is 3. The third-order valence-electron chi connectivity index (χ3n) is 5.61. The molecule has 190 valence electrons. The fraction of sp³-hybridized carbons (Fsp3) is 0.179. The summed E-state index contributed by atoms with van der Waals surface area (Å²) in [5, 5.41) is 3.07. The van der Waals surface area contributed by atoms with Crippen molar-refractivity contribution >= 4 is 52.2 Å². The molecule has 1 aliphatic heterocycles.